The Labute approximate surface area is 217 Å². The van der Waals surface area contributed by atoms with E-state index in [-0.39, 0.29) is 36.5 Å². The third kappa shape index (κ3) is 6.08. The van der Waals surface area contributed by atoms with E-state index >= 15 is 0 Å². The van der Waals surface area contributed by atoms with Crippen molar-refractivity contribution in [2.75, 3.05) is 0 Å². The van der Waals surface area contributed by atoms with Crippen molar-refractivity contribution in [3.05, 3.63) is 71.7 Å². The van der Waals surface area contributed by atoms with Crippen LogP contribution >= 0.6 is 0 Å². The maximum atomic E-state index is 13.8. The zero-order chi connectivity index (χ0) is 26.2. The highest BCUT2D eigenvalue weighted by molar-refractivity contribution is 5.99. The molecule has 2 heterocycles. The molecule has 0 amide bonds. The average molecular weight is 504 g/mol. The molecule has 5 nitrogen and oxygen atoms in total. The molecule has 1 aliphatic heterocycles. The average Bonchev–Trinajstić information content (AvgIpc) is 3.66. The minimum atomic E-state index is -0.837. The van der Waals surface area contributed by atoms with Crippen LogP contribution in [0, 0.1) is 5.82 Å². The topological polar surface area (TPSA) is 57.7 Å². The minimum absolute atomic E-state index is 0.165. The summed E-state index contributed by atoms with van der Waals surface area (Å²) in [4.78, 5) is 17.4. The van der Waals surface area contributed by atoms with Gasteiger partial charge in [-0.15, -0.1) is 0 Å². The van der Waals surface area contributed by atoms with Crippen LogP contribution < -0.4 is 0 Å². The zero-order valence-electron chi connectivity index (χ0n) is 21.9. The molecule has 1 saturated heterocycles. The molecule has 194 valence electrons. The number of aromatic nitrogens is 1. The number of rotatable bonds is 7. The Hall–Kier alpha value is -3.09. The fraction of sp³-hybridized carbons (Fsp3) is 0.419. The molecule has 3 aromatic rings. The molecule has 6 heteroatoms. The number of carbonyl (C=O) groups excluding carboxylic acids is 1. The van der Waals surface area contributed by atoms with Gasteiger partial charge in [0, 0.05) is 28.9 Å². The van der Waals surface area contributed by atoms with Crippen LogP contribution in [0.2, 0.25) is 0 Å². The molecule has 2 aromatic carbocycles. The molecule has 2 aliphatic rings. The van der Waals surface area contributed by atoms with Gasteiger partial charge in [-0.25, -0.2) is 4.39 Å². The monoisotopic (exact) mass is 503 g/mol. The Morgan fingerprint density at radius 3 is 2.57 bits per heavy atom. The molecule has 2 fully saturated rings. The SMILES string of the molecule is CC(C)OC(=O)C[C@H]1C[C@@H](/C=C/c2c(C3CC3)nc3ccccc3c2-c2ccc(F)cc2)OC(C)(C)O1. The summed E-state index contributed by atoms with van der Waals surface area (Å²) in [5.74, 6) is -0.958. The van der Waals surface area contributed by atoms with E-state index in [1.807, 2.05) is 58.0 Å². The number of nitrogens with zero attached hydrogens (tertiary/aromatic N) is 1. The fourth-order valence-corrected chi connectivity index (χ4v) is 5.10. The minimum Gasteiger partial charge on any atom is -0.463 e. The molecule has 1 aromatic heterocycles. The second-order valence-corrected chi connectivity index (χ2v) is 10.7. The van der Waals surface area contributed by atoms with Crippen LogP contribution in [-0.4, -0.2) is 35.1 Å². The molecule has 2 atom stereocenters. The van der Waals surface area contributed by atoms with Gasteiger partial charge in [-0.1, -0.05) is 42.5 Å². The number of esters is 1. The van der Waals surface area contributed by atoms with Crippen LogP contribution in [0.5, 0.6) is 0 Å². The van der Waals surface area contributed by atoms with E-state index in [2.05, 4.69) is 18.2 Å². The van der Waals surface area contributed by atoms with Gasteiger partial charge in [0.1, 0.15) is 5.82 Å². The first-order valence-electron chi connectivity index (χ1n) is 13.1. The maximum Gasteiger partial charge on any atom is 0.308 e. The number of halogens is 1. The highest BCUT2D eigenvalue weighted by atomic mass is 19.1. The number of hydrogen-bond donors (Lipinski definition) is 0. The van der Waals surface area contributed by atoms with Crippen molar-refractivity contribution in [1.82, 2.24) is 4.98 Å². The lowest BCUT2D eigenvalue weighted by Gasteiger charge is -2.39. The summed E-state index contributed by atoms with van der Waals surface area (Å²) in [6.07, 6.45) is 6.36. The third-order valence-electron chi connectivity index (χ3n) is 6.68. The van der Waals surface area contributed by atoms with Crippen molar-refractivity contribution in [1.29, 1.82) is 0 Å². The molecular formula is C31H34FNO4. The van der Waals surface area contributed by atoms with E-state index < -0.39 is 5.79 Å². The van der Waals surface area contributed by atoms with Crippen molar-refractivity contribution >= 4 is 22.9 Å². The van der Waals surface area contributed by atoms with Crippen molar-refractivity contribution in [2.24, 2.45) is 0 Å². The van der Waals surface area contributed by atoms with Gasteiger partial charge in [-0.3, -0.25) is 9.78 Å². The molecule has 0 radical (unpaired) electrons. The van der Waals surface area contributed by atoms with Crippen molar-refractivity contribution < 1.29 is 23.4 Å². The number of hydrogen-bond acceptors (Lipinski definition) is 5. The smallest absolute Gasteiger partial charge is 0.308 e. The number of carbonyl (C=O) groups is 1. The molecule has 1 aliphatic carbocycles. The molecule has 0 N–H and O–H groups in total. The summed E-state index contributed by atoms with van der Waals surface area (Å²) >= 11 is 0. The number of benzene rings is 2. The second-order valence-electron chi connectivity index (χ2n) is 10.7. The van der Waals surface area contributed by atoms with Gasteiger partial charge < -0.3 is 14.2 Å². The van der Waals surface area contributed by atoms with Crippen LogP contribution in [0.15, 0.2) is 54.6 Å². The van der Waals surface area contributed by atoms with Gasteiger partial charge in [-0.05, 0) is 64.3 Å². The van der Waals surface area contributed by atoms with Crippen LogP contribution in [-0.2, 0) is 19.0 Å². The van der Waals surface area contributed by atoms with Gasteiger partial charge in [0.25, 0.3) is 0 Å². The standard InChI is InChI=1S/C31H34FNO4/c1-19(2)35-28(34)18-24-17-23(36-31(3,4)37-24)15-16-26-29(20-11-13-22(32)14-12-20)25-7-5-6-8-27(25)33-30(26)21-9-10-21/h5-8,11-16,19,21,23-24H,9-10,17-18H2,1-4H3/b16-15+/t23-,24-/m1/s1. The predicted octanol–water partition coefficient (Wildman–Crippen LogP) is 7.18. The Balaban J connectivity index is 1.52. The van der Waals surface area contributed by atoms with E-state index in [1.165, 1.54) is 12.1 Å². The largest absolute Gasteiger partial charge is 0.463 e. The van der Waals surface area contributed by atoms with E-state index in [0.717, 1.165) is 46.1 Å². The summed E-state index contributed by atoms with van der Waals surface area (Å²) in [5.41, 5.74) is 5.04. The summed E-state index contributed by atoms with van der Waals surface area (Å²) < 4.78 is 31.4. The predicted molar refractivity (Wildman–Crippen MR) is 142 cm³/mol. The Kier molecular flexibility index (Phi) is 7.15. The fourth-order valence-electron chi connectivity index (χ4n) is 5.10. The number of fused-ring (bicyclic) bond motifs is 1. The van der Waals surface area contributed by atoms with Crippen molar-refractivity contribution in [3.8, 4) is 11.1 Å². The first-order chi connectivity index (χ1) is 17.7. The van der Waals surface area contributed by atoms with Gasteiger partial charge in [-0.2, -0.15) is 0 Å². The van der Waals surface area contributed by atoms with E-state index in [0.29, 0.717) is 12.3 Å². The summed E-state index contributed by atoms with van der Waals surface area (Å²) in [6, 6.07) is 14.8. The number of para-hydroxylation sites is 1. The maximum absolute atomic E-state index is 13.8. The lowest BCUT2D eigenvalue weighted by Crippen LogP contribution is -2.44. The normalized spacial score (nSPS) is 21.6. The molecule has 37 heavy (non-hydrogen) atoms. The van der Waals surface area contributed by atoms with Crippen LogP contribution in [0.3, 0.4) is 0 Å². The summed E-state index contributed by atoms with van der Waals surface area (Å²) in [7, 11) is 0. The Bertz CT molecular complexity index is 1310. The first-order valence-corrected chi connectivity index (χ1v) is 13.1. The number of ether oxygens (including phenoxy) is 3. The molecule has 0 bridgehead atoms. The molecule has 0 unspecified atom stereocenters. The molecule has 1 saturated carbocycles. The van der Waals surface area contributed by atoms with E-state index in [4.69, 9.17) is 19.2 Å². The van der Waals surface area contributed by atoms with Crippen LogP contribution in [0.25, 0.3) is 28.1 Å². The highest BCUT2D eigenvalue weighted by Gasteiger charge is 2.36. The quantitative estimate of drug-likeness (QED) is 0.320. The summed E-state index contributed by atoms with van der Waals surface area (Å²) in [6.45, 7) is 7.41. The highest BCUT2D eigenvalue weighted by Crippen LogP contribution is 2.45. The molecular weight excluding hydrogens is 469 g/mol. The van der Waals surface area contributed by atoms with Crippen molar-refractivity contribution in [3.63, 3.8) is 0 Å². The second kappa shape index (κ2) is 10.3. The lowest BCUT2D eigenvalue weighted by atomic mass is 9.92. The molecule has 5 rings (SSSR count). The van der Waals surface area contributed by atoms with Gasteiger partial charge in [0.05, 0.1) is 35.9 Å². The first kappa shape index (κ1) is 25.6. The van der Waals surface area contributed by atoms with Gasteiger partial charge >= 0.3 is 5.97 Å². The third-order valence-corrected chi connectivity index (χ3v) is 6.68. The lowest BCUT2D eigenvalue weighted by molar-refractivity contribution is -0.290. The number of pyridine rings is 1. The van der Waals surface area contributed by atoms with Crippen molar-refractivity contribution in [2.45, 2.75) is 83.4 Å². The van der Waals surface area contributed by atoms with Crippen LogP contribution in [0.4, 0.5) is 4.39 Å². The van der Waals surface area contributed by atoms with Gasteiger partial charge in [0.2, 0.25) is 0 Å². The Morgan fingerprint density at radius 1 is 1.14 bits per heavy atom. The van der Waals surface area contributed by atoms with Crippen LogP contribution in [0.1, 0.15) is 70.6 Å². The molecule has 0 spiro atoms. The van der Waals surface area contributed by atoms with E-state index in [9.17, 15) is 9.18 Å². The zero-order valence-corrected chi connectivity index (χ0v) is 21.9. The summed E-state index contributed by atoms with van der Waals surface area (Å²) in [5, 5.41) is 1.03. The van der Waals surface area contributed by atoms with Gasteiger partial charge in [0.15, 0.2) is 5.79 Å². The van der Waals surface area contributed by atoms with E-state index in [1.54, 1.807) is 0 Å². The Morgan fingerprint density at radius 2 is 1.86 bits per heavy atom.